The Morgan fingerprint density at radius 2 is 1.50 bits per heavy atom. The number of ether oxygens (including phenoxy) is 1. The number of aryl methyl sites for hydroxylation is 1. The molecule has 0 heterocycles. The highest BCUT2D eigenvalue weighted by Crippen LogP contribution is 2.34. The number of hydrogen-bond acceptors (Lipinski definition) is 5. The van der Waals surface area contributed by atoms with Gasteiger partial charge in [-0.1, -0.05) is 67.1 Å². The molecule has 32 heavy (non-hydrogen) atoms. The Labute approximate surface area is 190 Å². The lowest BCUT2D eigenvalue weighted by molar-refractivity contribution is 0.0319. The molecule has 0 aromatic heterocycles. The van der Waals surface area contributed by atoms with Gasteiger partial charge in [-0.3, -0.25) is 14.4 Å². The van der Waals surface area contributed by atoms with E-state index in [0.29, 0.717) is 11.1 Å². The average Bonchev–Trinajstić information content (AvgIpc) is 2.81. The van der Waals surface area contributed by atoms with Crippen LogP contribution in [0.2, 0.25) is 5.02 Å². The normalized spacial score (nSPS) is 13.2. The third-order valence-corrected chi connectivity index (χ3v) is 5.94. The number of rotatable bonds is 5. The van der Waals surface area contributed by atoms with E-state index in [1.165, 1.54) is 19.1 Å². The van der Waals surface area contributed by atoms with Gasteiger partial charge in [-0.25, -0.2) is 4.79 Å². The standard InChI is InChI=1S/C26H19ClO5/c1-3-15-8-10-16(11-9-15)23(28)14(2)32-26(31)20-13-12-19-21(22(20)27)25(30)18-7-5-4-6-17(18)24(19)29/h4-14H,3H2,1-2H3. The van der Waals surface area contributed by atoms with E-state index >= 15 is 0 Å². The van der Waals surface area contributed by atoms with E-state index in [-0.39, 0.29) is 38.8 Å². The monoisotopic (exact) mass is 446 g/mol. The van der Waals surface area contributed by atoms with Crippen LogP contribution in [-0.4, -0.2) is 29.4 Å². The minimum Gasteiger partial charge on any atom is -0.451 e. The van der Waals surface area contributed by atoms with E-state index in [9.17, 15) is 19.2 Å². The molecular weight excluding hydrogens is 428 g/mol. The maximum Gasteiger partial charge on any atom is 0.340 e. The summed E-state index contributed by atoms with van der Waals surface area (Å²) in [6.45, 7) is 3.49. The van der Waals surface area contributed by atoms with Crippen LogP contribution in [0, 0.1) is 0 Å². The Morgan fingerprint density at radius 3 is 2.12 bits per heavy atom. The van der Waals surface area contributed by atoms with Gasteiger partial charge >= 0.3 is 5.97 Å². The Bertz CT molecular complexity index is 1270. The molecule has 5 nitrogen and oxygen atoms in total. The number of ketones is 3. The lowest BCUT2D eigenvalue weighted by atomic mass is 9.83. The maximum atomic E-state index is 13.0. The van der Waals surface area contributed by atoms with Gasteiger partial charge < -0.3 is 4.74 Å². The second-order valence-electron chi connectivity index (χ2n) is 7.52. The summed E-state index contributed by atoms with van der Waals surface area (Å²) in [5, 5.41) is -0.160. The molecule has 1 aliphatic rings. The average molecular weight is 447 g/mol. The van der Waals surface area contributed by atoms with Crippen molar-refractivity contribution in [2.75, 3.05) is 0 Å². The molecule has 0 N–H and O–H groups in total. The Balaban J connectivity index is 1.60. The topological polar surface area (TPSA) is 77.5 Å². The molecule has 3 aromatic rings. The summed E-state index contributed by atoms with van der Waals surface area (Å²) in [7, 11) is 0. The van der Waals surface area contributed by atoms with Crippen LogP contribution >= 0.6 is 11.6 Å². The van der Waals surface area contributed by atoms with Gasteiger partial charge in [0.15, 0.2) is 17.7 Å². The predicted octanol–water partition coefficient (Wildman–Crippen LogP) is 5.11. The van der Waals surface area contributed by atoms with Crippen molar-refractivity contribution in [1.82, 2.24) is 0 Å². The SMILES string of the molecule is CCc1ccc(C(=O)C(C)OC(=O)c2ccc3c(c2Cl)C(=O)c2ccccc2C3=O)cc1. The van der Waals surface area contributed by atoms with Gasteiger partial charge in [0.2, 0.25) is 5.78 Å². The number of fused-ring (bicyclic) bond motifs is 2. The first-order valence-corrected chi connectivity index (χ1v) is 10.6. The van der Waals surface area contributed by atoms with Crippen molar-refractivity contribution >= 4 is 34.9 Å². The van der Waals surface area contributed by atoms with Crippen LogP contribution in [-0.2, 0) is 11.2 Å². The first-order valence-electron chi connectivity index (χ1n) is 10.2. The summed E-state index contributed by atoms with van der Waals surface area (Å²) in [5.41, 5.74) is 2.08. The van der Waals surface area contributed by atoms with E-state index < -0.39 is 17.9 Å². The summed E-state index contributed by atoms with van der Waals surface area (Å²) < 4.78 is 5.34. The summed E-state index contributed by atoms with van der Waals surface area (Å²) >= 11 is 6.40. The number of benzene rings is 3. The Hall–Kier alpha value is -3.57. The number of halogens is 1. The zero-order valence-corrected chi connectivity index (χ0v) is 18.2. The zero-order chi connectivity index (χ0) is 23.0. The van der Waals surface area contributed by atoms with Crippen LogP contribution in [0.5, 0.6) is 0 Å². The molecule has 1 unspecified atom stereocenters. The third kappa shape index (κ3) is 3.65. The molecule has 0 radical (unpaired) electrons. The van der Waals surface area contributed by atoms with Crippen molar-refractivity contribution in [1.29, 1.82) is 0 Å². The number of esters is 1. The number of Topliss-reactive ketones (excluding diaryl/α,β-unsaturated/α-hetero) is 1. The summed E-state index contributed by atoms with van der Waals surface area (Å²) in [4.78, 5) is 51.2. The van der Waals surface area contributed by atoms with Gasteiger partial charge in [0.05, 0.1) is 16.1 Å². The smallest absolute Gasteiger partial charge is 0.340 e. The fourth-order valence-corrected chi connectivity index (χ4v) is 4.05. The number of hydrogen-bond donors (Lipinski definition) is 0. The second-order valence-corrected chi connectivity index (χ2v) is 7.89. The highest BCUT2D eigenvalue weighted by Gasteiger charge is 2.33. The molecule has 6 heteroatoms. The minimum absolute atomic E-state index is 0.0287. The molecule has 0 bridgehead atoms. The van der Waals surface area contributed by atoms with Crippen molar-refractivity contribution < 1.29 is 23.9 Å². The molecule has 0 spiro atoms. The number of carbonyl (C=O) groups is 4. The molecule has 0 aliphatic heterocycles. The molecule has 0 saturated heterocycles. The van der Waals surface area contributed by atoms with E-state index in [4.69, 9.17) is 16.3 Å². The molecule has 0 fully saturated rings. The fourth-order valence-electron chi connectivity index (χ4n) is 3.72. The fraction of sp³-hybridized carbons (Fsp3) is 0.154. The quantitative estimate of drug-likeness (QED) is 0.314. The first-order chi connectivity index (χ1) is 15.3. The Morgan fingerprint density at radius 1 is 0.875 bits per heavy atom. The summed E-state index contributed by atoms with van der Waals surface area (Å²) in [5.74, 6) is -1.97. The van der Waals surface area contributed by atoms with Gasteiger partial charge in [-0.15, -0.1) is 0 Å². The van der Waals surface area contributed by atoms with Crippen molar-refractivity contribution in [3.8, 4) is 0 Å². The van der Waals surface area contributed by atoms with Gasteiger partial charge in [0.1, 0.15) is 0 Å². The molecule has 160 valence electrons. The highest BCUT2D eigenvalue weighted by molar-refractivity contribution is 6.41. The molecule has 1 aliphatic carbocycles. The maximum absolute atomic E-state index is 13.0. The van der Waals surface area contributed by atoms with E-state index in [1.807, 2.05) is 19.1 Å². The van der Waals surface area contributed by atoms with Crippen LogP contribution in [0.25, 0.3) is 0 Å². The summed E-state index contributed by atoms with van der Waals surface area (Å²) in [6, 6.07) is 16.3. The van der Waals surface area contributed by atoms with Crippen LogP contribution in [0.1, 0.15) is 72.0 Å². The molecular formula is C26H19ClO5. The van der Waals surface area contributed by atoms with E-state index in [1.54, 1.807) is 36.4 Å². The van der Waals surface area contributed by atoms with E-state index in [2.05, 4.69) is 0 Å². The lowest BCUT2D eigenvalue weighted by Gasteiger charge is -2.20. The van der Waals surface area contributed by atoms with E-state index in [0.717, 1.165) is 12.0 Å². The lowest BCUT2D eigenvalue weighted by Crippen LogP contribution is -2.26. The third-order valence-electron chi connectivity index (χ3n) is 5.55. The molecule has 0 amide bonds. The molecule has 1 atom stereocenters. The molecule has 0 saturated carbocycles. The van der Waals surface area contributed by atoms with Crippen molar-refractivity contribution in [3.63, 3.8) is 0 Å². The first kappa shape index (κ1) is 21.7. The minimum atomic E-state index is -1.06. The van der Waals surface area contributed by atoms with Gasteiger partial charge in [-0.05, 0) is 31.0 Å². The van der Waals surface area contributed by atoms with Crippen molar-refractivity contribution in [2.24, 2.45) is 0 Å². The second kappa shape index (κ2) is 8.52. The van der Waals surface area contributed by atoms with Crippen LogP contribution in [0.15, 0.2) is 60.7 Å². The zero-order valence-electron chi connectivity index (χ0n) is 17.5. The van der Waals surface area contributed by atoms with Crippen LogP contribution in [0.3, 0.4) is 0 Å². The molecule has 3 aromatic carbocycles. The molecule has 4 rings (SSSR count). The van der Waals surface area contributed by atoms with Gasteiger partial charge in [-0.2, -0.15) is 0 Å². The largest absolute Gasteiger partial charge is 0.451 e. The van der Waals surface area contributed by atoms with Crippen LogP contribution in [0.4, 0.5) is 0 Å². The van der Waals surface area contributed by atoms with Gasteiger partial charge in [0, 0.05) is 22.3 Å². The van der Waals surface area contributed by atoms with Gasteiger partial charge in [0.25, 0.3) is 0 Å². The summed E-state index contributed by atoms with van der Waals surface area (Å²) in [6.07, 6.45) is -0.207. The Kier molecular flexibility index (Phi) is 5.76. The number of carbonyl (C=O) groups excluding carboxylic acids is 4. The van der Waals surface area contributed by atoms with Crippen molar-refractivity contribution in [3.05, 3.63) is 105 Å². The van der Waals surface area contributed by atoms with Crippen LogP contribution < -0.4 is 0 Å². The highest BCUT2D eigenvalue weighted by atomic mass is 35.5. The predicted molar refractivity (Wildman–Crippen MR) is 120 cm³/mol. The van der Waals surface area contributed by atoms with Crippen molar-refractivity contribution in [2.45, 2.75) is 26.4 Å².